The number of hydrogen-bond acceptors (Lipinski definition) is 5. The summed E-state index contributed by atoms with van der Waals surface area (Å²) in [5, 5.41) is 0. The van der Waals surface area contributed by atoms with Crippen LogP contribution in [0.1, 0.15) is 18.9 Å². The van der Waals surface area contributed by atoms with Gasteiger partial charge in [0.15, 0.2) is 0 Å². The van der Waals surface area contributed by atoms with Crippen LogP contribution in [0.2, 0.25) is 0 Å². The number of hydrogen-bond donors (Lipinski definition) is 1. The van der Waals surface area contributed by atoms with E-state index in [-0.39, 0.29) is 4.90 Å². The maximum absolute atomic E-state index is 12.5. The van der Waals surface area contributed by atoms with Gasteiger partial charge in [0, 0.05) is 19.6 Å². The first-order chi connectivity index (χ1) is 11.0. The lowest BCUT2D eigenvalue weighted by Crippen LogP contribution is -2.38. The summed E-state index contributed by atoms with van der Waals surface area (Å²) in [6.45, 7) is 8.82. The minimum absolute atomic E-state index is 0.205. The van der Waals surface area contributed by atoms with E-state index in [1.54, 1.807) is 18.2 Å². The van der Waals surface area contributed by atoms with E-state index in [9.17, 15) is 8.42 Å². The molecule has 0 unspecified atom stereocenters. The molecule has 1 aromatic rings. The Morgan fingerprint density at radius 2 is 2.04 bits per heavy atom. The van der Waals surface area contributed by atoms with Crippen molar-refractivity contribution >= 4 is 10.0 Å². The zero-order valence-corrected chi connectivity index (χ0v) is 14.7. The Morgan fingerprint density at radius 3 is 2.74 bits per heavy atom. The number of aryl methyl sites for hydroxylation is 1. The molecule has 1 fully saturated rings. The lowest BCUT2D eigenvalue weighted by atomic mass is 10.2. The van der Waals surface area contributed by atoms with E-state index >= 15 is 0 Å². The van der Waals surface area contributed by atoms with Crippen molar-refractivity contribution in [2.24, 2.45) is 0 Å². The predicted octanol–water partition coefficient (Wildman–Crippen LogP) is 1.39. The van der Waals surface area contributed by atoms with E-state index in [0.717, 1.165) is 44.8 Å². The van der Waals surface area contributed by atoms with Gasteiger partial charge in [-0.2, -0.15) is 0 Å². The van der Waals surface area contributed by atoms with Gasteiger partial charge >= 0.3 is 0 Å². The molecule has 2 rings (SSSR count). The van der Waals surface area contributed by atoms with E-state index < -0.39 is 10.0 Å². The van der Waals surface area contributed by atoms with Crippen LogP contribution in [0.25, 0.3) is 0 Å². The van der Waals surface area contributed by atoms with Gasteiger partial charge in [0.05, 0.1) is 19.8 Å². The predicted molar refractivity (Wildman–Crippen MR) is 89.4 cm³/mol. The fourth-order valence-electron chi connectivity index (χ4n) is 2.52. The average Bonchev–Trinajstić information content (AvgIpc) is 2.53. The molecule has 1 heterocycles. The van der Waals surface area contributed by atoms with Gasteiger partial charge in [-0.1, -0.05) is 6.07 Å². The van der Waals surface area contributed by atoms with Crippen molar-refractivity contribution in [2.45, 2.75) is 25.2 Å². The molecule has 0 aromatic heterocycles. The molecule has 7 heteroatoms. The first-order valence-electron chi connectivity index (χ1n) is 8.06. The maximum Gasteiger partial charge on any atom is 0.244 e. The molecule has 0 amide bonds. The molecule has 1 saturated heterocycles. The zero-order valence-electron chi connectivity index (χ0n) is 13.9. The van der Waals surface area contributed by atoms with Crippen molar-refractivity contribution in [3.05, 3.63) is 23.8 Å². The van der Waals surface area contributed by atoms with Crippen molar-refractivity contribution in [1.82, 2.24) is 9.62 Å². The van der Waals surface area contributed by atoms with Crippen molar-refractivity contribution < 1.29 is 17.9 Å². The maximum atomic E-state index is 12.5. The number of benzene rings is 1. The van der Waals surface area contributed by atoms with Crippen molar-refractivity contribution in [3.8, 4) is 5.75 Å². The van der Waals surface area contributed by atoms with Crippen LogP contribution in [0.3, 0.4) is 0 Å². The molecular formula is C16H26N2O4S. The second-order valence-corrected chi connectivity index (χ2v) is 7.32. The number of nitrogens with one attached hydrogen (secondary N) is 1. The second kappa shape index (κ2) is 8.63. The second-order valence-electron chi connectivity index (χ2n) is 5.59. The summed E-state index contributed by atoms with van der Waals surface area (Å²) in [7, 11) is -3.55. The van der Waals surface area contributed by atoms with Crippen LogP contribution in [-0.2, 0) is 14.8 Å². The third kappa shape index (κ3) is 5.46. The van der Waals surface area contributed by atoms with Gasteiger partial charge in [0.25, 0.3) is 0 Å². The van der Waals surface area contributed by atoms with Crippen LogP contribution in [0.15, 0.2) is 23.1 Å². The fraction of sp³-hybridized carbons (Fsp3) is 0.625. The molecule has 0 spiro atoms. The van der Waals surface area contributed by atoms with Gasteiger partial charge in [-0.05, 0) is 44.5 Å². The summed E-state index contributed by atoms with van der Waals surface area (Å²) >= 11 is 0. The topological polar surface area (TPSA) is 67.9 Å². The van der Waals surface area contributed by atoms with Crippen LogP contribution >= 0.6 is 0 Å². The smallest absolute Gasteiger partial charge is 0.244 e. The molecule has 1 N–H and O–H groups in total. The molecule has 0 bridgehead atoms. The van der Waals surface area contributed by atoms with E-state index in [4.69, 9.17) is 9.47 Å². The summed E-state index contributed by atoms with van der Waals surface area (Å²) in [5.74, 6) is 0.410. The Bertz CT molecular complexity index is 598. The highest BCUT2D eigenvalue weighted by Crippen LogP contribution is 2.25. The van der Waals surface area contributed by atoms with Crippen molar-refractivity contribution in [3.63, 3.8) is 0 Å². The number of morpholine rings is 1. The monoisotopic (exact) mass is 342 g/mol. The molecule has 130 valence electrons. The Balaban J connectivity index is 1.90. The molecule has 0 atom stereocenters. The summed E-state index contributed by atoms with van der Waals surface area (Å²) in [6.07, 6.45) is 0.773. The van der Waals surface area contributed by atoms with Crippen molar-refractivity contribution in [2.75, 3.05) is 46.0 Å². The highest BCUT2D eigenvalue weighted by atomic mass is 32.2. The van der Waals surface area contributed by atoms with Crippen LogP contribution in [0.4, 0.5) is 0 Å². The Kier molecular flexibility index (Phi) is 6.83. The normalized spacial score (nSPS) is 16.4. The fourth-order valence-corrected chi connectivity index (χ4v) is 3.72. The number of nitrogens with zero attached hydrogens (tertiary/aromatic N) is 1. The molecule has 0 saturated carbocycles. The number of sulfonamides is 1. The third-order valence-electron chi connectivity index (χ3n) is 3.74. The van der Waals surface area contributed by atoms with Gasteiger partial charge in [0.1, 0.15) is 10.6 Å². The molecule has 1 aliphatic rings. The Hall–Kier alpha value is -1.15. The summed E-state index contributed by atoms with van der Waals surface area (Å²) in [6, 6.07) is 5.14. The molecule has 0 radical (unpaired) electrons. The Morgan fingerprint density at radius 1 is 1.30 bits per heavy atom. The number of ether oxygens (including phenoxy) is 2. The molecule has 1 aromatic carbocycles. The summed E-state index contributed by atoms with van der Waals surface area (Å²) in [5.41, 5.74) is 0.972. The molecule has 1 aliphatic heterocycles. The first-order valence-corrected chi connectivity index (χ1v) is 9.54. The quantitative estimate of drug-likeness (QED) is 0.723. The van der Waals surface area contributed by atoms with Gasteiger partial charge in [-0.3, -0.25) is 4.90 Å². The summed E-state index contributed by atoms with van der Waals surface area (Å²) in [4.78, 5) is 2.49. The average molecular weight is 342 g/mol. The minimum Gasteiger partial charge on any atom is -0.492 e. The third-order valence-corrected chi connectivity index (χ3v) is 5.24. The van der Waals surface area contributed by atoms with E-state index in [1.807, 2.05) is 13.8 Å². The minimum atomic E-state index is -3.55. The van der Waals surface area contributed by atoms with Gasteiger partial charge in [-0.25, -0.2) is 13.1 Å². The largest absolute Gasteiger partial charge is 0.492 e. The van der Waals surface area contributed by atoms with Crippen molar-refractivity contribution in [1.29, 1.82) is 0 Å². The molecular weight excluding hydrogens is 316 g/mol. The lowest BCUT2D eigenvalue weighted by molar-refractivity contribution is 0.0376. The zero-order chi connectivity index (χ0) is 16.7. The van der Waals surface area contributed by atoms with E-state index in [1.165, 1.54) is 0 Å². The van der Waals surface area contributed by atoms with Crippen LogP contribution in [0.5, 0.6) is 5.75 Å². The Labute approximate surface area is 138 Å². The van der Waals surface area contributed by atoms with E-state index in [2.05, 4.69) is 9.62 Å². The van der Waals surface area contributed by atoms with Crippen LogP contribution in [0, 0.1) is 6.92 Å². The molecule has 6 nitrogen and oxygen atoms in total. The molecule has 0 aliphatic carbocycles. The summed E-state index contributed by atoms with van der Waals surface area (Å²) < 4.78 is 38.4. The highest BCUT2D eigenvalue weighted by molar-refractivity contribution is 7.89. The van der Waals surface area contributed by atoms with Gasteiger partial charge in [0.2, 0.25) is 10.0 Å². The SMILES string of the molecule is CCOc1cc(C)ccc1S(=O)(=O)NCCCN1CCOCC1. The van der Waals surface area contributed by atoms with Crippen LogP contribution in [-0.4, -0.2) is 59.3 Å². The highest BCUT2D eigenvalue weighted by Gasteiger charge is 2.19. The molecule has 23 heavy (non-hydrogen) atoms. The number of rotatable bonds is 8. The first kappa shape index (κ1) is 18.2. The van der Waals surface area contributed by atoms with Gasteiger partial charge in [-0.15, -0.1) is 0 Å². The standard InChI is InChI=1S/C16H26N2O4S/c1-3-22-15-13-14(2)5-6-16(15)23(19,20)17-7-4-8-18-9-11-21-12-10-18/h5-6,13,17H,3-4,7-12H2,1-2H3. The lowest BCUT2D eigenvalue weighted by Gasteiger charge is -2.26. The van der Waals surface area contributed by atoms with Gasteiger partial charge < -0.3 is 9.47 Å². The van der Waals surface area contributed by atoms with E-state index in [0.29, 0.717) is 18.9 Å². The van der Waals surface area contributed by atoms with Crippen LogP contribution < -0.4 is 9.46 Å².